The molecule has 0 fully saturated rings. The average molecular weight is 252 g/mol. The fraction of sp³-hybridized carbons (Fsp3) is 0.0667. The third-order valence-corrected chi connectivity index (χ3v) is 3.34. The zero-order chi connectivity index (χ0) is 13.6. The lowest BCUT2D eigenvalue weighted by molar-refractivity contribution is 0.0980. The smallest absolute Gasteiger partial charge is 0.196 e. The number of carbonyl (C=O) groups is 2. The van der Waals surface area contributed by atoms with E-state index in [1.54, 1.807) is 43.4 Å². The first kappa shape index (κ1) is 11.5. The van der Waals surface area contributed by atoms with E-state index in [1.807, 2.05) is 0 Å². The molecule has 3 rings (SSSR count). The first-order valence-electron chi connectivity index (χ1n) is 5.93. The highest BCUT2D eigenvalue weighted by Gasteiger charge is 2.31. The molecule has 2 aromatic carbocycles. The minimum atomic E-state index is -0.158. The number of nitrogens with two attached hydrogens (primary N) is 1. The van der Waals surface area contributed by atoms with Gasteiger partial charge in [0.15, 0.2) is 11.6 Å². The second kappa shape index (κ2) is 3.95. The van der Waals surface area contributed by atoms with E-state index >= 15 is 0 Å². The Morgan fingerprint density at radius 1 is 0.947 bits per heavy atom. The maximum Gasteiger partial charge on any atom is 0.196 e. The molecule has 0 aliphatic heterocycles. The summed E-state index contributed by atoms with van der Waals surface area (Å²) in [5.74, 6) is -0.302. The molecule has 4 heteroatoms. The third kappa shape index (κ3) is 1.53. The predicted octanol–water partition coefficient (Wildman–Crippen LogP) is 2.09. The Hall–Kier alpha value is -2.62. The number of benzene rings is 2. The van der Waals surface area contributed by atoms with Crippen LogP contribution in [0.4, 0.5) is 11.4 Å². The number of ketones is 2. The van der Waals surface area contributed by atoms with Gasteiger partial charge in [-0.2, -0.15) is 0 Å². The van der Waals surface area contributed by atoms with E-state index in [0.717, 1.165) is 0 Å². The molecule has 1 aliphatic rings. The molecule has 0 bridgehead atoms. The van der Waals surface area contributed by atoms with Gasteiger partial charge in [0, 0.05) is 35.1 Å². The van der Waals surface area contributed by atoms with Crippen molar-refractivity contribution >= 4 is 22.9 Å². The SMILES string of the molecule is CNc1cccc2c1C(=O)c1ccc(N)cc1C2=O. The molecule has 19 heavy (non-hydrogen) atoms. The van der Waals surface area contributed by atoms with Crippen molar-refractivity contribution in [1.82, 2.24) is 0 Å². The van der Waals surface area contributed by atoms with Crippen LogP contribution in [-0.2, 0) is 0 Å². The fourth-order valence-corrected chi connectivity index (χ4v) is 2.42. The van der Waals surface area contributed by atoms with Crippen LogP contribution in [0, 0.1) is 0 Å². The highest BCUT2D eigenvalue weighted by molar-refractivity contribution is 6.30. The maximum absolute atomic E-state index is 12.5. The Balaban J connectivity index is 2.32. The van der Waals surface area contributed by atoms with Gasteiger partial charge in [0.05, 0.1) is 5.56 Å². The predicted molar refractivity (Wildman–Crippen MR) is 73.7 cm³/mol. The van der Waals surface area contributed by atoms with Gasteiger partial charge in [0.1, 0.15) is 0 Å². The van der Waals surface area contributed by atoms with E-state index in [0.29, 0.717) is 33.6 Å². The highest BCUT2D eigenvalue weighted by Crippen LogP contribution is 2.32. The summed E-state index contributed by atoms with van der Waals surface area (Å²) in [5, 5.41) is 2.95. The third-order valence-electron chi connectivity index (χ3n) is 3.34. The molecule has 0 amide bonds. The number of nitrogens with one attached hydrogen (secondary N) is 1. The second-order valence-corrected chi connectivity index (χ2v) is 4.44. The summed E-state index contributed by atoms with van der Waals surface area (Å²) in [6.07, 6.45) is 0. The van der Waals surface area contributed by atoms with Crippen LogP contribution in [0.5, 0.6) is 0 Å². The molecule has 2 aromatic rings. The summed E-state index contributed by atoms with van der Waals surface area (Å²) in [6, 6.07) is 10.0. The molecule has 4 nitrogen and oxygen atoms in total. The fourth-order valence-electron chi connectivity index (χ4n) is 2.42. The van der Waals surface area contributed by atoms with E-state index in [2.05, 4.69) is 5.32 Å². The minimum absolute atomic E-state index is 0.144. The van der Waals surface area contributed by atoms with Crippen LogP contribution in [0.25, 0.3) is 0 Å². The molecule has 0 heterocycles. The molecule has 3 N–H and O–H groups in total. The van der Waals surface area contributed by atoms with Crippen LogP contribution in [0.2, 0.25) is 0 Å². The zero-order valence-corrected chi connectivity index (χ0v) is 10.4. The van der Waals surface area contributed by atoms with Crippen molar-refractivity contribution < 1.29 is 9.59 Å². The van der Waals surface area contributed by atoms with Gasteiger partial charge in [-0.1, -0.05) is 12.1 Å². The molecule has 0 aromatic heterocycles. The topological polar surface area (TPSA) is 72.2 Å². The van der Waals surface area contributed by atoms with Crippen molar-refractivity contribution in [1.29, 1.82) is 0 Å². The van der Waals surface area contributed by atoms with Gasteiger partial charge in [-0.3, -0.25) is 9.59 Å². The maximum atomic E-state index is 12.5. The Morgan fingerprint density at radius 2 is 1.74 bits per heavy atom. The van der Waals surface area contributed by atoms with Crippen LogP contribution in [0.3, 0.4) is 0 Å². The molecule has 0 radical (unpaired) electrons. The van der Waals surface area contributed by atoms with Crippen molar-refractivity contribution in [3.05, 3.63) is 58.7 Å². The van der Waals surface area contributed by atoms with E-state index < -0.39 is 0 Å². The number of hydrogen-bond acceptors (Lipinski definition) is 4. The molecule has 94 valence electrons. The average Bonchev–Trinajstić information content (AvgIpc) is 2.43. The lowest BCUT2D eigenvalue weighted by Crippen LogP contribution is -2.22. The van der Waals surface area contributed by atoms with Gasteiger partial charge in [0.25, 0.3) is 0 Å². The monoisotopic (exact) mass is 252 g/mol. The Labute approximate surface area is 110 Å². The van der Waals surface area contributed by atoms with Crippen LogP contribution >= 0.6 is 0 Å². The van der Waals surface area contributed by atoms with Gasteiger partial charge < -0.3 is 11.1 Å². The minimum Gasteiger partial charge on any atom is -0.399 e. The van der Waals surface area contributed by atoms with E-state index in [9.17, 15) is 9.59 Å². The number of nitrogen functional groups attached to an aromatic ring is 1. The first-order chi connectivity index (χ1) is 9.13. The highest BCUT2D eigenvalue weighted by atomic mass is 16.1. The van der Waals surface area contributed by atoms with Crippen LogP contribution in [-0.4, -0.2) is 18.6 Å². The summed E-state index contributed by atoms with van der Waals surface area (Å²) in [7, 11) is 1.73. The number of carbonyl (C=O) groups excluding carboxylic acids is 2. The molecular weight excluding hydrogens is 240 g/mol. The number of anilines is 2. The molecule has 0 unspecified atom stereocenters. The van der Waals surface area contributed by atoms with Crippen LogP contribution < -0.4 is 11.1 Å². The lowest BCUT2D eigenvalue weighted by atomic mass is 9.83. The molecule has 1 aliphatic carbocycles. The molecule has 0 atom stereocenters. The van der Waals surface area contributed by atoms with Crippen LogP contribution in [0.15, 0.2) is 36.4 Å². The lowest BCUT2D eigenvalue weighted by Gasteiger charge is -2.20. The van der Waals surface area contributed by atoms with Gasteiger partial charge in [0.2, 0.25) is 0 Å². The van der Waals surface area contributed by atoms with Crippen molar-refractivity contribution in [2.45, 2.75) is 0 Å². The summed E-state index contributed by atoms with van der Waals surface area (Å²) in [6.45, 7) is 0. The quantitative estimate of drug-likeness (QED) is 0.650. The van der Waals surface area contributed by atoms with Crippen molar-refractivity contribution in [2.24, 2.45) is 0 Å². The number of fused-ring (bicyclic) bond motifs is 2. The first-order valence-corrected chi connectivity index (χ1v) is 5.93. The summed E-state index contributed by atoms with van der Waals surface area (Å²) in [5.41, 5.74) is 8.49. The summed E-state index contributed by atoms with van der Waals surface area (Å²) < 4.78 is 0. The molecular formula is C15H12N2O2. The standard InChI is InChI=1S/C15H12N2O2/c1-17-12-4-2-3-10-13(12)15(19)9-6-5-8(16)7-11(9)14(10)18/h2-7,17H,16H2,1H3. The van der Waals surface area contributed by atoms with E-state index in [1.165, 1.54) is 0 Å². The molecule has 0 spiro atoms. The zero-order valence-electron chi connectivity index (χ0n) is 10.4. The molecule has 0 saturated carbocycles. The van der Waals surface area contributed by atoms with Gasteiger partial charge >= 0.3 is 0 Å². The van der Waals surface area contributed by atoms with E-state index in [4.69, 9.17) is 5.73 Å². The second-order valence-electron chi connectivity index (χ2n) is 4.44. The van der Waals surface area contributed by atoms with Gasteiger partial charge in [-0.05, 0) is 24.3 Å². The Bertz CT molecular complexity index is 720. The molecule has 0 saturated heterocycles. The number of hydrogen-bond donors (Lipinski definition) is 2. The van der Waals surface area contributed by atoms with Crippen molar-refractivity contribution in [2.75, 3.05) is 18.1 Å². The summed E-state index contributed by atoms with van der Waals surface area (Å²) >= 11 is 0. The normalized spacial score (nSPS) is 12.9. The summed E-state index contributed by atoms with van der Waals surface area (Å²) in [4.78, 5) is 24.9. The van der Waals surface area contributed by atoms with Crippen LogP contribution in [0.1, 0.15) is 31.8 Å². The van der Waals surface area contributed by atoms with Crippen molar-refractivity contribution in [3.63, 3.8) is 0 Å². The Morgan fingerprint density at radius 3 is 2.47 bits per heavy atom. The van der Waals surface area contributed by atoms with Crippen molar-refractivity contribution in [3.8, 4) is 0 Å². The van der Waals surface area contributed by atoms with Gasteiger partial charge in [-0.25, -0.2) is 0 Å². The Kier molecular flexibility index (Phi) is 2.38. The van der Waals surface area contributed by atoms with Gasteiger partial charge in [-0.15, -0.1) is 0 Å². The van der Waals surface area contributed by atoms with E-state index in [-0.39, 0.29) is 11.6 Å². The largest absolute Gasteiger partial charge is 0.399 e. The number of rotatable bonds is 1.